The summed E-state index contributed by atoms with van der Waals surface area (Å²) in [6.07, 6.45) is 0.986. The van der Waals surface area contributed by atoms with Crippen LogP contribution in [0.1, 0.15) is 23.8 Å². The first-order valence-electron chi connectivity index (χ1n) is 5.61. The van der Waals surface area contributed by atoms with E-state index in [2.05, 4.69) is 30.6 Å². The predicted octanol–water partition coefficient (Wildman–Crippen LogP) is 2.01. The Bertz CT molecular complexity index is 336. The zero-order chi connectivity index (χ0) is 12.0. The molecular weight excluding hydrogens is 220 g/mol. The van der Waals surface area contributed by atoms with Crippen molar-refractivity contribution in [1.82, 2.24) is 10.2 Å². The molecule has 3 nitrogen and oxygen atoms in total. The Labute approximate surface area is 101 Å². The molecule has 4 heteroatoms. The highest BCUT2D eigenvalue weighted by Crippen LogP contribution is 2.16. The third kappa shape index (κ3) is 4.33. The van der Waals surface area contributed by atoms with E-state index in [1.165, 1.54) is 10.4 Å². The number of carbonyl (C=O) groups excluding carboxylic acids is 1. The van der Waals surface area contributed by atoms with E-state index in [-0.39, 0.29) is 5.91 Å². The van der Waals surface area contributed by atoms with E-state index in [0.717, 1.165) is 19.5 Å². The van der Waals surface area contributed by atoms with Crippen LogP contribution in [0.3, 0.4) is 0 Å². The number of thiophene rings is 1. The summed E-state index contributed by atoms with van der Waals surface area (Å²) in [6, 6.07) is 2.12. The molecule has 0 bridgehead atoms. The average molecular weight is 240 g/mol. The molecule has 0 saturated heterocycles. The van der Waals surface area contributed by atoms with Crippen LogP contribution in [0, 0.1) is 6.92 Å². The second-order valence-electron chi connectivity index (χ2n) is 4.05. The third-order valence-electron chi connectivity index (χ3n) is 2.37. The highest BCUT2D eigenvalue weighted by atomic mass is 32.1. The van der Waals surface area contributed by atoms with Crippen molar-refractivity contribution >= 4 is 17.2 Å². The summed E-state index contributed by atoms with van der Waals surface area (Å²) in [4.78, 5) is 14.9. The minimum absolute atomic E-state index is 0.110. The van der Waals surface area contributed by atoms with Crippen LogP contribution in [0.2, 0.25) is 0 Å². The van der Waals surface area contributed by atoms with Crippen LogP contribution in [0.15, 0.2) is 11.4 Å². The molecule has 0 fully saturated rings. The SMILES string of the molecule is CCCNC(=O)CN(C)Cc1sccc1C. The molecule has 0 aliphatic heterocycles. The average Bonchev–Trinajstić information content (AvgIpc) is 2.61. The Kier molecular flexibility index (Phi) is 5.49. The number of amides is 1. The van der Waals surface area contributed by atoms with Crippen molar-refractivity contribution in [2.24, 2.45) is 0 Å². The molecule has 90 valence electrons. The maximum absolute atomic E-state index is 11.5. The summed E-state index contributed by atoms with van der Waals surface area (Å²) >= 11 is 1.75. The summed E-state index contributed by atoms with van der Waals surface area (Å²) in [7, 11) is 1.98. The number of nitrogens with zero attached hydrogens (tertiary/aromatic N) is 1. The van der Waals surface area contributed by atoms with Crippen LogP contribution in [0.25, 0.3) is 0 Å². The van der Waals surface area contributed by atoms with Crippen molar-refractivity contribution in [3.8, 4) is 0 Å². The van der Waals surface area contributed by atoms with E-state index in [9.17, 15) is 4.79 Å². The van der Waals surface area contributed by atoms with Gasteiger partial charge in [-0.3, -0.25) is 9.69 Å². The zero-order valence-electron chi connectivity index (χ0n) is 10.2. The Hall–Kier alpha value is -0.870. The normalized spacial score (nSPS) is 10.8. The maximum Gasteiger partial charge on any atom is 0.234 e. The van der Waals surface area contributed by atoms with Gasteiger partial charge < -0.3 is 5.32 Å². The Morgan fingerprint density at radius 2 is 2.31 bits per heavy atom. The smallest absolute Gasteiger partial charge is 0.234 e. The molecule has 1 heterocycles. The van der Waals surface area contributed by atoms with Crippen LogP contribution in [-0.4, -0.2) is 30.9 Å². The first-order chi connectivity index (χ1) is 7.63. The first kappa shape index (κ1) is 13.2. The minimum atomic E-state index is 0.110. The van der Waals surface area contributed by atoms with Gasteiger partial charge in [0.1, 0.15) is 0 Å². The number of rotatable bonds is 6. The molecule has 1 N–H and O–H groups in total. The van der Waals surface area contributed by atoms with Crippen LogP contribution in [0.5, 0.6) is 0 Å². The quantitative estimate of drug-likeness (QED) is 0.825. The molecule has 0 radical (unpaired) electrons. The van der Waals surface area contributed by atoms with Gasteiger partial charge in [-0.15, -0.1) is 11.3 Å². The topological polar surface area (TPSA) is 32.3 Å². The van der Waals surface area contributed by atoms with Crippen LogP contribution in [0.4, 0.5) is 0 Å². The highest BCUT2D eigenvalue weighted by Gasteiger charge is 2.08. The third-order valence-corrected chi connectivity index (χ3v) is 3.38. The highest BCUT2D eigenvalue weighted by molar-refractivity contribution is 7.10. The fourth-order valence-corrected chi connectivity index (χ4v) is 2.42. The van der Waals surface area contributed by atoms with Crippen molar-refractivity contribution < 1.29 is 4.79 Å². The lowest BCUT2D eigenvalue weighted by Gasteiger charge is -2.15. The summed E-state index contributed by atoms with van der Waals surface area (Å²) in [5.41, 5.74) is 1.31. The molecule has 0 spiro atoms. The predicted molar refractivity (Wildman–Crippen MR) is 68.7 cm³/mol. The summed E-state index contributed by atoms with van der Waals surface area (Å²) in [6.45, 7) is 6.25. The van der Waals surface area contributed by atoms with Crippen LogP contribution in [-0.2, 0) is 11.3 Å². The summed E-state index contributed by atoms with van der Waals surface area (Å²) in [5.74, 6) is 0.110. The lowest BCUT2D eigenvalue weighted by molar-refractivity contribution is -0.122. The van der Waals surface area contributed by atoms with Gasteiger partial charge in [0.15, 0.2) is 0 Å². The van der Waals surface area contributed by atoms with Gasteiger partial charge in [-0.25, -0.2) is 0 Å². The molecule has 0 atom stereocenters. The molecule has 1 rings (SSSR count). The van der Waals surface area contributed by atoms with Crippen molar-refractivity contribution in [2.45, 2.75) is 26.8 Å². The number of carbonyl (C=O) groups is 1. The van der Waals surface area contributed by atoms with Crippen molar-refractivity contribution in [3.05, 3.63) is 21.9 Å². The van der Waals surface area contributed by atoms with Gasteiger partial charge in [0.05, 0.1) is 6.54 Å². The number of likely N-dealkylation sites (N-methyl/N-ethyl adjacent to an activating group) is 1. The van der Waals surface area contributed by atoms with Crippen molar-refractivity contribution in [3.63, 3.8) is 0 Å². The molecule has 1 amide bonds. The van der Waals surface area contributed by atoms with E-state index in [4.69, 9.17) is 0 Å². The standard InChI is InChI=1S/C12H20N2OS/c1-4-6-13-12(15)9-14(3)8-11-10(2)5-7-16-11/h5,7H,4,6,8-9H2,1-3H3,(H,13,15). The van der Waals surface area contributed by atoms with E-state index >= 15 is 0 Å². The molecule has 1 aromatic rings. The van der Waals surface area contributed by atoms with Gasteiger partial charge in [-0.2, -0.15) is 0 Å². The lowest BCUT2D eigenvalue weighted by atomic mass is 10.3. The monoisotopic (exact) mass is 240 g/mol. The first-order valence-corrected chi connectivity index (χ1v) is 6.49. The van der Waals surface area contributed by atoms with Gasteiger partial charge in [0.2, 0.25) is 5.91 Å². The van der Waals surface area contributed by atoms with Gasteiger partial charge in [0.25, 0.3) is 0 Å². The minimum Gasteiger partial charge on any atom is -0.355 e. The second kappa shape index (κ2) is 6.66. The fraction of sp³-hybridized carbons (Fsp3) is 0.583. The zero-order valence-corrected chi connectivity index (χ0v) is 11.1. The van der Waals surface area contributed by atoms with E-state index in [1.54, 1.807) is 11.3 Å². The molecule has 0 aliphatic carbocycles. The Balaban J connectivity index is 2.33. The summed E-state index contributed by atoms with van der Waals surface area (Å²) < 4.78 is 0. The number of aryl methyl sites for hydroxylation is 1. The van der Waals surface area contributed by atoms with Crippen LogP contribution < -0.4 is 5.32 Å². The van der Waals surface area contributed by atoms with E-state index in [0.29, 0.717) is 6.54 Å². The molecule has 0 unspecified atom stereocenters. The molecular formula is C12H20N2OS. The molecule has 0 saturated carbocycles. The van der Waals surface area contributed by atoms with E-state index < -0.39 is 0 Å². The van der Waals surface area contributed by atoms with Gasteiger partial charge in [-0.1, -0.05) is 6.92 Å². The lowest BCUT2D eigenvalue weighted by Crippen LogP contribution is -2.35. The van der Waals surface area contributed by atoms with Crippen molar-refractivity contribution in [1.29, 1.82) is 0 Å². The Morgan fingerprint density at radius 3 is 2.88 bits per heavy atom. The number of nitrogens with one attached hydrogen (secondary N) is 1. The number of hydrogen-bond donors (Lipinski definition) is 1. The Morgan fingerprint density at radius 1 is 1.56 bits per heavy atom. The van der Waals surface area contributed by atoms with Crippen LogP contribution >= 0.6 is 11.3 Å². The molecule has 0 aliphatic rings. The van der Waals surface area contributed by atoms with Gasteiger partial charge in [-0.05, 0) is 37.4 Å². The molecule has 0 aromatic carbocycles. The van der Waals surface area contributed by atoms with Gasteiger partial charge in [0, 0.05) is 18.0 Å². The fourth-order valence-electron chi connectivity index (χ4n) is 1.43. The second-order valence-corrected chi connectivity index (χ2v) is 5.05. The summed E-state index contributed by atoms with van der Waals surface area (Å²) in [5, 5.41) is 4.97. The van der Waals surface area contributed by atoms with Gasteiger partial charge >= 0.3 is 0 Å². The number of hydrogen-bond acceptors (Lipinski definition) is 3. The molecule has 16 heavy (non-hydrogen) atoms. The molecule has 1 aromatic heterocycles. The van der Waals surface area contributed by atoms with Crippen molar-refractivity contribution in [2.75, 3.05) is 20.1 Å². The maximum atomic E-state index is 11.5. The van der Waals surface area contributed by atoms with E-state index in [1.807, 2.05) is 11.9 Å². The largest absolute Gasteiger partial charge is 0.355 e.